The molecule has 4 heterocycles. The van der Waals surface area contributed by atoms with E-state index in [-0.39, 0.29) is 17.5 Å². The van der Waals surface area contributed by atoms with Gasteiger partial charge in [0.25, 0.3) is 0 Å². The first-order valence-corrected chi connectivity index (χ1v) is 12.4. The molecule has 1 atom stereocenters. The van der Waals surface area contributed by atoms with Crippen molar-refractivity contribution >= 4 is 35.0 Å². The van der Waals surface area contributed by atoms with E-state index in [9.17, 15) is 17.6 Å². The van der Waals surface area contributed by atoms with Gasteiger partial charge in [-0.05, 0) is 36.2 Å². The maximum absolute atomic E-state index is 14.2. The zero-order chi connectivity index (χ0) is 27.4. The number of benzene rings is 1. The summed E-state index contributed by atoms with van der Waals surface area (Å²) in [5.41, 5.74) is 6.74. The minimum absolute atomic E-state index is 0.120. The Morgan fingerprint density at radius 1 is 1.10 bits per heavy atom. The van der Waals surface area contributed by atoms with Crippen molar-refractivity contribution in [2.75, 3.05) is 60.0 Å². The summed E-state index contributed by atoms with van der Waals surface area (Å²) in [6.45, 7) is 5.37. The van der Waals surface area contributed by atoms with Crippen molar-refractivity contribution < 1.29 is 22.3 Å². The van der Waals surface area contributed by atoms with E-state index in [0.29, 0.717) is 62.4 Å². The molecule has 14 heteroatoms. The van der Waals surface area contributed by atoms with Crippen LogP contribution in [0.25, 0.3) is 0 Å². The van der Waals surface area contributed by atoms with E-state index in [1.807, 2.05) is 6.92 Å². The highest BCUT2D eigenvalue weighted by molar-refractivity contribution is 5.78. The van der Waals surface area contributed by atoms with Gasteiger partial charge in [-0.3, -0.25) is 4.98 Å². The summed E-state index contributed by atoms with van der Waals surface area (Å²) < 4.78 is 60.1. The molecule has 2 fully saturated rings. The Morgan fingerprint density at radius 3 is 2.62 bits per heavy atom. The number of hydrogen-bond acceptors (Lipinski definition) is 10. The SMILES string of the molecule is CC1CNN(c2cc(Nc3ccc(/C=N/Nc4ncc(F)c(N5CCOCC5)n4)nc3)cc(C(F)(F)F)c2)C1. The van der Waals surface area contributed by atoms with E-state index in [4.69, 9.17) is 4.74 Å². The van der Waals surface area contributed by atoms with Gasteiger partial charge < -0.3 is 20.0 Å². The maximum atomic E-state index is 14.2. The number of rotatable bonds is 7. The smallest absolute Gasteiger partial charge is 0.378 e. The summed E-state index contributed by atoms with van der Waals surface area (Å²) in [5, 5.41) is 8.78. The molecule has 2 saturated heterocycles. The van der Waals surface area contributed by atoms with Crippen LogP contribution in [0, 0.1) is 11.7 Å². The minimum Gasteiger partial charge on any atom is -0.378 e. The summed E-state index contributed by atoms with van der Waals surface area (Å²) in [7, 11) is 0. The molecule has 3 N–H and O–H groups in total. The van der Waals surface area contributed by atoms with Crippen molar-refractivity contribution in [3.63, 3.8) is 0 Å². The van der Waals surface area contributed by atoms with E-state index in [0.717, 1.165) is 18.3 Å². The number of hydrogen-bond donors (Lipinski definition) is 3. The van der Waals surface area contributed by atoms with Crippen LogP contribution in [-0.2, 0) is 10.9 Å². The van der Waals surface area contributed by atoms with Crippen molar-refractivity contribution in [1.29, 1.82) is 0 Å². The Balaban J connectivity index is 1.24. The Morgan fingerprint density at radius 2 is 1.92 bits per heavy atom. The monoisotopic (exact) mass is 545 g/mol. The molecule has 10 nitrogen and oxygen atoms in total. The lowest BCUT2D eigenvalue weighted by Crippen LogP contribution is -2.37. The van der Waals surface area contributed by atoms with Crippen LogP contribution in [0.15, 0.2) is 47.8 Å². The average Bonchev–Trinajstić information content (AvgIpc) is 3.37. The molecule has 0 amide bonds. The van der Waals surface area contributed by atoms with Gasteiger partial charge in [-0.25, -0.2) is 20.2 Å². The molecule has 2 aliphatic heterocycles. The lowest BCUT2D eigenvalue weighted by atomic mass is 10.1. The number of alkyl halides is 3. The number of pyridine rings is 1. The summed E-state index contributed by atoms with van der Waals surface area (Å²) in [6, 6.07) is 7.19. The number of aromatic nitrogens is 3. The number of morpholine rings is 1. The zero-order valence-electron chi connectivity index (χ0n) is 21.0. The second-order valence-electron chi connectivity index (χ2n) is 9.28. The predicted octanol–water partition coefficient (Wildman–Crippen LogP) is 4.02. The molecular weight excluding hydrogens is 518 g/mol. The second kappa shape index (κ2) is 11.4. The van der Waals surface area contributed by atoms with Crippen LogP contribution >= 0.6 is 0 Å². The molecule has 3 aromatic rings. The van der Waals surface area contributed by atoms with Crippen molar-refractivity contribution in [3.8, 4) is 0 Å². The van der Waals surface area contributed by atoms with E-state index in [1.54, 1.807) is 28.1 Å². The molecule has 39 heavy (non-hydrogen) atoms. The minimum atomic E-state index is -4.49. The van der Waals surface area contributed by atoms with Crippen LogP contribution in [0.2, 0.25) is 0 Å². The summed E-state index contributed by atoms with van der Waals surface area (Å²) in [4.78, 5) is 14.1. The van der Waals surface area contributed by atoms with E-state index in [1.165, 1.54) is 12.4 Å². The quantitative estimate of drug-likeness (QED) is 0.231. The van der Waals surface area contributed by atoms with Crippen LogP contribution in [0.3, 0.4) is 0 Å². The molecule has 5 rings (SSSR count). The third kappa shape index (κ3) is 6.70. The standard InChI is InChI=1S/C25H27F4N9O/c1-16-11-33-38(15-16)21-9-17(25(27,28)29)8-20(10-21)34-19-3-2-18(30-12-19)13-32-36-24-31-14-22(26)23(35-24)37-4-6-39-7-5-37/h2-3,8-10,12-14,16,33-34H,4-7,11,15H2,1H3,(H,31,35,36)/b32-13+. The van der Waals surface area contributed by atoms with Crippen LogP contribution in [0.4, 0.5) is 46.4 Å². The number of ether oxygens (including phenoxy) is 1. The van der Waals surface area contributed by atoms with Crippen LogP contribution in [-0.4, -0.2) is 60.6 Å². The topological polar surface area (TPSA) is 103 Å². The molecular formula is C25H27F4N9O. The summed E-state index contributed by atoms with van der Waals surface area (Å²) in [6.07, 6.45) is -0.496. The van der Waals surface area contributed by atoms with Gasteiger partial charge >= 0.3 is 6.18 Å². The lowest BCUT2D eigenvalue weighted by Gasteiger charge is -2.27. The number of nitrogens with zero attached hydrogens (tertiary/aromatic N) is 6. The molecule has 0 aliphatic carbocycles. The maximum Gasteiger partial charge on any atom is 0.416 e. The second-order valence-corrected chi connectivity index (χ2v) is 9.28. The Hall–Kier alpha value is -4.04. The fourth-order valence-electron chi connectivity index (χ4n) is 4.19. The molecule has 206 valence electrons. The number of nitrogens with one attached hydrogen (secondary N) is 3. The average molecular weight is 546 g/mol. The third-order valence-electron chi connectivity index (χ3n) is 6.15. The normalized spacial score (nSPS) is 18.1. The first-order valence-electron chi connectivity index (χ1n) is 12.4. The van der Waals surface area contributed by atoms with Crippen LogP contribution < -0.4 is 26.1 Å². The molecule has 0 radical (unpaired) electrons. The van der Waals surface area contributed by atoms with Crippen molar-refractivity contribution in [3.05, 3.63) is 59.8 Å². The predicted molar refractivity (Wildman–Crippen MR) is 140 cm³/mol. The number of hydrazone groups is 1. The molecule has 2 aliphatic rings. The van der Waals surface area contributed by atoms with Crippen LogP contribution in [0.5, 0.6) is 0 Å². The van der Waals surface area contributed by atoms with E-state index < -0.39 is 17.6 Å². The largest absolute Gasteiger partial charge is 0.416 e. The summed E-state index contributed by atoms with van der Waals surface area (Å²) in [5.74, 6) is 0.0857. The number of anilines is 5. The zero-order valence-corrected chi connectivity index (χ0v) is 21.0. The van der Waals surface area contributed by atoms with Crippen LogP contribution in [0.1, 0.15) is 18.2 Å². The van der Waals surface area contributed by atoms with Crippen molar-refractivity contribution in [2.45, 2.75) is 13.1 Å². The molecule has 0 spiro atoms. The highest BCUT2D eigenvalue weighted by Crippen LogP contribution is 2.35. The van der Waals surface area contributed by atoms with Gasteiger partial charge in [0.15, 0.2) is 11.6 Å². The van der Waals surface area contributed by atoms with E-state index in [2.05, 4.69) is 36.2 Å². The van der Waals surface area contributed by atoms with Gasteiger partial charge in [0.2, 0.25) is 5.95 Å². The Bertz CT molecular complexity index is 1310. The number of hydrazine groups is 1. The first kappa shape index (κ1) is 26.6. The lowest BCUT2D eigenvalue weighted by molar-refractivity contribution is -0.137. The molecule has 1 aromatic carbocycles. The summed E-state index contributed by atoms with van der Waals surface area (Å²) >= 11 is 0. The van der Waals surface area contributed by atoms with Crippen molar-refractivity contribution in [2.24, 2.45) is 11.0 Å². The Kier molecular flexibility index (Phi) is 7.74. The molecule has 2 aromatic heterocycles. The van der Waals surface area contributed by atoms with E-state index >= 15 is 0 Å². The van der Waals surface area contributed by atoms with Gasteiger partial charge in [-0.15, -0.1) is 0 Å². The first-order chi connectivity index (χ1) is 18.7. The fourth-order valence-corrected chi connectivity index (χ4v) is 4.19. The highest BCUT2D eigenvalue weighted by atomic mass is 19.4. The van der Waals surface area contributed by atoms with Gasteiger partial charge in [0.05, 0.1) is 54.5 Å². The highest BCUT2D eigenvalue weighted by Gasteiger charge is 2.32. The molecule has 0 bridgehead atoms. The van der Waals surface area contributed by atoms with Gasteiger partial charge in [0.1, 0.15) is 0 Å². The van der Waals surface area contributed by atoms with Crippen molar-refractivity contribution in [1.82, 2.24) is 20.4 Å². The number of halogens is 4. The van der Waals surface area contributed by atoms with Gasteiger partial charge in [-0.2, -0.15) is 23.3 Å². The molecule has 1 unspecified atom stereocenters. The fraction of sp³-hybridized carbons (Fsp3) is 0.360. The van der Waals surface area contributed by atoms with Gasteiger partial charge in [-0.1, -0.05) is 6.92 Å². The third-order valence-corrected chi connectivity index (χ3v) is 6.15. The molecule has 0 saturated carbocycles. The van der Waals surface area contributed by atoms with Gasteiger partial charge in [0, 0.05) is 31.9 Å². The Labute approximate surface area is 222 Å².